The van der Waals surface area contributed by atoms with Gasteiger partial charge in [-0.05, 0) is 31.4 Å². The second kappa shape index (κ2) is 6.00. The van der Waals surface area contributed by atoms with Gasteiger partial charge in [0.15, 0.2) is 5.79 Å². The standard InChI is InChI=1S/C17H22N2O2/c1-14-4-5-16(15(2)10-14)11-17(20-8-3-9-21-17)12-19-7-6-18-13-19/h4-7,10,13H,3,8-9,11-12H2,1-2H3. The van der Waals surface area contributed by atoms with Gasteiger partial charge in [-0.3, -0.25) is 0 Å². The van der Waals surface area contributed by atoms with Crippen molar-refractivity contribution in [3.63, 3.8) is 0 Å². The fourth-order valence-corrected chi connectivity index (χ4v) is 2.86. The van der Waals surface area contributed by atoms with Gasteiger partial charge >= 0.3 is 0 Å². The first-order chi connectivity index (χ1) is 10.2. The van der Waals surface area contributed by atoms with Gasteiger partial charge in [0.2, 0.25) is 0 Å². The lowest BCUT2D eigenvalue weighted by Gasteiger charge is -2.38. The molecule has 2 aromatic rings. The summed E-state index contributed by atoms with van der Waals surface area (Å²) in [6.45, 7) is 6.43. The molecular formula is C17H22N2O2. The van der Waals surface area contributed by atoms with Crippen LogP contribution in [-0.4, -0.2) is 28.6 Å². The lowest BCUT2D eigenvalue weighted by Crippen LogP contribution is -2.46. The topological polar surface area (TPSA) is 36.3 Å². The molecule has 112 valence electrons. The van der Waals surface area contributed by atoms with E-state index in [2.05, 4.69) is 37.0 Å². The van der Waals surface area contributed by atoms with Crippen molar-refractivity contribution < 1.29 is 9.47 Å². The van der Waals surface area contributed by atoms with E-state index in [-0.39, 0.29) is 0 Å². The summed E-state index contributed by atoms with van der Waals surface area (Å²) in [4.78, 5) is 4.11. The predicted molar refractivity (Wildman–Crippen MR) is 81.1 cm³/mol. The minimum absolute atomic E-state index is 0.584. The summed E-state index contributed by atoms with van der Waals surface area (Å²) >= 11 is 0. The zero-order valence-electron chi connectivity index (χ0n) is 12.7. The van der Waals surface area contributed by atoms with Crippen LogP contribution in [0.3, 0.4) is 0 Å². The molecule has 21 heavy (non-hydrogen) atoms. The summed E-state index contributed by atoms with van der Waals surface area (Å²) in [5.74, 6) is -0.584. The first-order valence-electron chi connectivity index (χ1n) is 7.47. The molecule has 0 spiro atoms. The maximum absolute atomic E-state index is 6.06. The Bertz CT molecular complexity index is 587. The highest BCUT2D eigenvalue weighted by molar-refractivity contribution is 5.31. The Hall–Kier alpha value is -1.65. The average Bonchev–Trinajstić information content (AvgIpc) is 2.96. The van der Waals surface area contributed by atoms with Gasteiger partial charge < -0.3 is 14.0 Å². The fraction of sp³-hybridized carbons (Fsp3) is 0.471. The number of imidazole rings is 1. The average molecular weight is 286 g/mol. The van der Waals surface area contributed by atoms with Crippen LogP contribution in [0.2, 0.25) is 0 Å². The molecular weight excluding hydrogens is 264 g/mol. The Morgan fingerprint density at radius 2 is 2.05 bits per heavy atom. The molecule has 1 saturated heterocycles. The van der Waals surface area contributed by atoms with E-state index < -0.39 is 5.79 Å². The third-order valence-corrected chi connectivity index (χ3v) is 3.96. The third kappa shape index (κ3) is 3.34. The van der Waals surface area contributed by atoms with Crippen LogP contribution in [0.4, 0.5) is 0 Å². The molecule has 4 heteroatoms. The van der Waals surface area contributed by atoms with Gasteiger partial charge in [-0.25, -0.2) is 4.98 Å². The minimum Gasteiger partial charge on any atom is -0.348 e. The van der Waals surface area contributed by atoms with Crippen molar-refractivity contribution in [2.75, 3.05) is 13.2 Å². The second-order valence-electron chi connectivity index (χ2n) is 5.80. The monoisotopic (exact) mass is 286 g/mol. The molecule has 0 aliphatic carbocycles. The molecule has 1 aromatic heterocycles. The molecule has 0 atom stereocenters. The summed E-state index contributed by atoms with van der Waals surface area (Å²) in [6, 6.07) is 6.54. The van der Waals surface area contributed by atoms with Crippen LogP contribution >= 0.6 is 0 Å². The van der Waals surface area contributed by atoms with Gasteiger partial charge in [0.05, 0.1) is 26.1 Å². The van der Waals surface area contributed by atoms with Crippen molar-refractivity contribution >= 4 is 0 Å². The van der Waals surface area contributed by atoms with E-state index >= 15 is 0 Å². The molecule has 0 N–H and O–H groups in total. The summed E-state index contributed by atoms with van der Waals surface area (Å²) < 4.78 is 14.1. The fourth-order valence-electron chi connectivity index (χ4n) is 2.86. The quantitative estimate of drug-likeness (QED) is 0.867. The van der Waals surface area contributed by atoms with Crippen LogP contribution in [0.15, 0.2) is 36.9 Å². The van der Waals surface area contributed by atoms with E-state index in [1.54, 1.807) is 6.20 Å². The number of hydrogen-bond acceptors (Lipinski definition) is 3. The molecule has 1 aromatic carbocycles. The van der Waals surface area contributed by atoms with Crippen LogP contribution in [0, 0.1) is 13.8 Å². The number of nitrogens with zero attached hydrogens (tertiary/aromatic N) is 2. The van der Waals surface area contributed by atoms with E-state index in [0.717, 1.165) is 26.1 Å². The van der Waals surface area contributed by atoms with E-state index in [4.69, 9.17) is 9.47 Å². The summed E-state index contributed by atoms with van der Waals surface area (Å²) in [5.41, 5.74) is 3.85. The van der Waals surface area contributed by atoms with Gasteiger partial charge in [-0.2, -0.15) is 0 Å². The Morgan fingerprint density at radius 3 is 2.71 bits per heavy atom. The van der Waals surface area contributed by atoms with Crippen molar-refractivity contribution in [1.29, 1.82) is 0 Å². The van der Waals surface area contributed by atoms with Crippen LogP contribution in [-0.2, 0) is 22.4 Å². The van der Waals surface area contributed by atoms with Crippen LogP contribution in [0.5, 0.6) is 0 Å². The van der Waals surface area contributed by atoms with Crippen molar-refractivity contribution in [3.8, 4) is 0 Å². The second-order valence-corrected chi connectivity index (χ2v) is 5.80. The number of ether oxygens (including phenoxy) is 2. The maximum Gasteiger partial charge on any atom is 0.190 e. The number of aryl methyl sites for hydroxylation is 2. The maximum atomic E-state index is 6.06. The van der Waals surface area contributed by atoms with Crippen molar-refractivity contribution in [2.24, 2.45) is 0 Å². The normalized spacial score (nSPS) is 17.8. The molecule has 0 amide bonds. The zero-order chi connectivity index (χ0) is 14.7. The molecule has 0 saturated carbocycles. The number of benzene rings is 1. The molecule has 4 nitrogen and oxygen atoms in total. The van der Waals surface area contributed by atoms with Gasteiger partial charge in [0.1, 0.15) is 0 Å². The van der Waals surface area contributed by atoms with Crippen LogP contribution in [0.1, 0.15) is 23.1 Å². The highest BCUT2D eigenvalue weighted by Gasteiger charge is 2.35. The largest absolute Gasteiger partial charge is 0.348 e. The Kier molecular flexibility index (Phi) is 4.08. The molecule has 1 aliphatic heterocycles. The molecule has 0 radical (unpaired) electrons. The predicted octanol–water partition coefficient (Wildman–Crippen LogP) is 2.88. The van der Waals surface area contributed by atoms with E-state index in [0.29, 0.717) is 6.54 Å². The van der Waals surface area contributed by atoms with Gasteiger partial charge in [0.25, 0.3) is 0 Å². The molecule has 3 rings (SSSR count). The molecule has 1 fully saturated rings. The first kappa shape index (κ1) is 14.3. The van der Waals surface area contributed by atoms with Gasteiger partial charge in [-0.1, -0.05) is 23.8 Å². The van der Waals surface area contributed by atoms with E-state index in [1.807, 2.05) is 17.1 Å². The Morgan fingerprint density at radius 1 is 1.24 bits per heavy atom. The van der Waals surface area contributed by atoms with Crippen LogP contribution in [0.25, 0.3) is 0 Å². The molecule has 2 heterocycles. The van der Waals surface area contributed by atoms with Crippen molar-refractivity contribution in [1.82, 2.24) is 9.55 Å². The molecule has 0 bridgehead atoms. The van der Waals surface area contributed by atoms with Gasteiger partial charge in [-0.15, -0.1) is 0 Å². The first-order valence-corrected chi connectivity index (χ1v) is 7.47. The van der Waals surface area contributed by atoms with Crippen molar-refractivity contribution in [3.05, 3.63) is 53.6 Å². The lowest BCUT2D eigenvalue weighted by molar-refractivity contribution is -0.272. The third-order valence-electron chi connectivity index (χ3n) is 3.96. The highest BCUT2D eigenvalue weighted by Crippen LogP contribution is 2.27. The number of rotatable bonds is 4. The number of hydrogen-bond donors (Lipinski definition) is 0. The summed E-state index contributed by atoms with van der Waals surface area (Å²) in [7, 11) is 0. The minimum atomic E-state index is -0.584. The van der Waals surface area contributed by atoms with E-state index in [1.165, 1.54) is 16.7 Å². The zero-order valence-corrected chi connectivity index (χ0v) is 12.7. The SMILES string of the molecule is Cc1ccc(CC2(Cn3ccnc3)OCCCO2)c(C)c1. The van der Waals surface area contributed by atoms with Gasteiger partial charge in [0, 0.05) is 18.8 Å². The Balaban J connectivity index is 1.84. The summed E-state index contributed by atoms with van der Waals surface area (Å²) in [6.07, 6.45) is 7.26. The van der Waals surface area contributed by atoms with Crippen molar-refractivity contribution in [2.45, 2.75) is 39.0 Å². The summed E-state index contributed by atoms with van der Waals surface area (Å²) in [5, 5.41) is 0. The molecule has 1 aliphatic rings. The van der Waals surface area contributed by atoms with E-state index in [9.17, 15) is 0 Å². The Labute approximate surface area is 125 Å². The molecule has 0 unspecified atom stereocenters. The smallest absolute Gasteiger partial charge is 0.190 e. The van der Waals surface area contributed by atoms with Crippen LogP contribution < -0.4 is 0 Å². The number of aromatic nitrogens is 2. The highest BCUT2D eigenvalue weighted by atomic mass is 16.7. The lowest BCUT2D eigenvalue weighted by atomic mass is 9.98.